The number of ether oxygens (including phenoxy) is 1. The van der Waals surface area contributed by atoms with E-state index in [1.54, 1.807) is 12.1 Å². The minimum Gasteiger partial charge on any atom is -0.461 e. The van der Waals surface area contributed by atoms with Gasteiger partial charge in [0, 0.05) is 11.3 Å². The van der Waals surface area contributed by atoms with E-state index in [1.165, 1.54) is 6.07 Å². The van der Waals surface area contributed by atoms with Crippen molar-refractivity contribution >= 4 is 11.7 Å². The molecule has 1 aromatic carbocycles. The van der Waals surface area contributed by atoms with E-state index in [9.17, 15) is 4.39 Å². The molecule has 1 aliphatic heterocycles. The summed E-state index contributed by atoms with van der Waals surface area (Å²) in [6, 6.07) is 4.69. The van der Waals surface area contributed by atoms with Crippen LogP contribution in [0.4, 0.5) is 10.1 Å². The van der Waals surface area contributed by atoms with Crippen molar-refractivity contribution in [2.75, 3.05) is 12.3 Å². The van der Waals surface area contributed by atoms with Crippen LogP contribution in [0.1, 0.15) is 24.8 Å². The third kappa shape index (κ3) is 1.85. The molecule has 4 N–H and O–H groups in total. The van der Waals surface area contributed by atoms with E-state index >= 15 is 0 Å². The Bertz CT molecular complexity index is 582. The number of hydrogen-bond acceptors (Lipinski definition) is 4. The molecule has 19 heavy (non-hydrogen) atoms. The summed E-state index contributed by atoms with van der Waals surface area (Å²) in [4.78, 5) is 4.42. The second-order valence-corrected chi connectivity index (χ2v) is 4.96. The molecule has 0 spiro atoms. The highest BCUT2D eigenvalue weighted by Gasteiger charge is 2.42. The van der Waals surface area contributed by atoms with Crippen LogP contribution in [-0.4, -0.2) is 12.6 Å². The van der Waals surface area contributed by atoms with Crippen LogP contribution in [0.2, 0.25) is 0 Å². The van der Waals surface area contributed by atoms with Gasteiger partial charge in [-0.05, 0) is 43.0 Å². The summed E-state index contributed by atoms with van der Waals surface area (Å²) in [6.45, 7) is 0.365. The van der Waals surface area contributed by atoms with Crippen molar-refractivity contribution in [3.63, 3.8) is 0 Å². The Hall–Kier alpha value is -2.04. The van der Waals surface area contributed by atoms with Gasteiger partial charge in [-0.15, -0.1) is 0 Å². The Morgan fingerprint density at radius 1 is 1.32 bits per heavy atom. The van der Waals surface area contributed by atoms with Gasteiger partial charge >= 0.3 is 0 Å². The maximum absolute atomic E-state index is 14.2. The van der Waals surface area contributed by atoms with Crippen LogP contribution in [0.5, 0.6) is 0 Å². The first-order valence-corrected chi connectivity index (χ1v) is 6.35. The molecule has 1 atom stereocenters. The van der Waals surface area contributed by atoms with Crippen molar-refractivity contribution in [1.82, 2.24) is 0 Å². The molecule has 0 aromatic heterocycles. The smallest absolute Gasteiger partial charge is 0.283 e. The van der Waals surface area contributed by atoms with Gasteiger partial charge in [0.1, 0.15) is 18.0 Å². The van der Waals surface area contributed by atoms with Crippen LogP contribution in [-0.2, 0) is 10.3 Å². The average Bonchev–Trinajstić information content (AvgIpc) is 2.41. The number of amidine groups is 1. The number of aliphatic imine (C=N–C) groups is 1. The molecule has 0 bridgehead atoms. The van der Waals surface area contributed by atoms with Crippen LogP contribution in [0.15, 0.2) is 34.8 Å². The first kappa shape index (κ1) is 12.0. The van der Waals surface area contributed by atoms with Gasteiger partial charge in [0.15, 0.2) is 0 Å². The maximum Gasteiger partial charge on any atom is 0.283 e. The maximum atomic E-state index is 14.2. The predicted octanol–water partition coefficient (Wildman–Crippen LogP) is 2.06. The van der Waals surface area contributed by atoms with Crippen LogP contribution in [0, 0.1) is 5.82 Å². The van der Waals surface area contributed by atoms with Crippen LogP contribution < -0.4 is 11.5 Å². The number of fused-ring (bicyclic) bond motifs is 1. The molecule has 2 aliphatic rings. The SMILES string of the molecule is NC1=N[C@@]2(c3cc(N)ccc3F)CCCC=C2CO1. The summed E-state index contributed by atoms with van der Waals surface area (Å²) in [7, 11) is 0. The molecule has 0 unspecified atom stereocenters. The number of nitrogens with zero attached hydrogens (tertiary/aromatic N) is 1. The van der Waals surface area contributed by atoms with Gasteiger partial charge in [0.05, 0.1) is 0 Å². The van der Waals surface area contributed by atoms with Crippen LogP contribution >= 0.6 is 0 Å². The number of rotatable bonds is 1. The molecule has 0 saturated carbocycles. The van der Waals surface area contributed by atoms with Crippen molar-refractivity contribution in [2.45, 2.75) is 24.8 Å². The van der Waals surface area contributed by atoms with Crippen molar-refractivity contribution < 1.29 is 9.13 Å². The number of benzene rings is 1. The van der Waals surface area contributed by atoms with Gasteiger partial charge in [-0.25, -0.2) is 9.38 Å². The predicted molar refractivity (Wildman–Crippen MR) is 72.0 cm³/mol. The molecular formula is C14H16FN3O. The zero-order valence-electron chi connectivity index (χ0n) is 10.5. The second kappa shape index (κ2) is 4.26. The van der Waals surface area contributed by atoms with Crippen molar-refractivity contribution in [2.24, 2.45) is 10.7 Å². The molecule has 5 heteroatoms. The third-order valence-electron chi connectivity index (χ3n) is 3.78. The molecule has 4 nitrogen and oxygen atoms in total. The van der Waals surface area contributed by atoms with E-state index in [4.69, 9.17) is 16.2 Å². The fourth-order valence-corrected chi connectivity index (χ4v) is 2.87. The summed E-state index contributed by atoms with van der Waals surface area (Å²) in [6.07, 6.45) is 4.69. The molecule has 0 radical (unpaired) electrons. The standard InChI is InChI=1S/C14H16FN3O/c15-12-5-4-10(16)7-11(12)14-6-2-1-3-9(14)8-19-13(17)18-14/h3-5,7H,1-2,6,8,16H2,(H2,17,18)/t14-/m0/s1. The van der Waals surface area contributed by atoms with Gasteiger partial charge < -0.3 is 16.2 Å². The van der Waals surface area contributed by atoms with Gasteiger partial charge in [0.25, 0.3) is 6.02 Å². The highest BCUT2D eigenvalue weighted by atomic mass is 19.1. The van der Waals surface area contributed by atoms with Crippen molar-refractivity contribution in [1.29, 1.82) is 0 Å². The normalized spacial score (nSPS) is 25.9. The topological polar surface area (TPSA) is 73.6 Å². The Morgan fingerprint density at radius 3 is 3.00 bits per heavy atom. The van der Waals surface area contributed by atoms with Gasteiger partial charge in [0.2, 0.25) is 0 Å². The monoisotopic (exact) mass is 261 g/mol. The van der Waals surface area contributed by atoms with Gasteiger partial charge in [-0.3, -0.25) is 0 Å². The van der Waals surface area contributed by atoms with E-state index in [0.717, 1.165) is 24.8 Å². The largest absolute Gasteiger partial charge is 0.461 e. The summed E-state index contributed by atoms with van der Waals surface area (Å²) in [5.41, 5.74) is 12.7. The number of anilines is 1. The molecule has 3 rings (SSSR count). The fourth-order valence-electron chi connectivity index (χ4n) is 2.87. The summed E-state index contributed by atoms with van der Waals surface area (Å²) < 4.78 is 19.5. The van der Waals surface area contributed by atoms with Gasteiger partial charge in [-0.1, -0.05) is 6.08 Å². The molecule has 100 valence electrons. The highest BCUT2D eigenvalue weighted by molar-refractivity contribution is 5.74. The van der Waals surface area contributed by atoms with Crippen molar-refractivity contribution in [3.8, 4) is 0 Å². The molecule has 0 fully saturated rings. The Morgan fingerprint density at radius 2 is 2.16 bits per heavy atom. The number of hydrogen-bond donors (Lipinski definition) is 2. The lowest BCUT2D eigenvalue weighted by molar-refractivity contribution is 0.254. The summed E-state index contributed by atoms with van der Waals surface area (Å²) in [5, 5.41) is 0. The number of nitrogen functional groups attached to an aromatic ring is 1. The Labute approximate surface area is 111 Å². The van der Waals surface area contributed by atoms with Crippen LogP contribution in [0.3, 0.4) is 0 Å². The summed E-state index contributed by atoms with van der Waals surface area (Å²) >= 11 is 0. The minimum absolute atomic E-state index is 0.112. The van der Waals surface area contributed by atoms with E-state index in [1.807, 2.05) is 0 Å². The van der Waals surface area contributed by atoms with E-state index in [-0.39, 0.29) is 11.8 Å². The average molecular weight is 261 g/mol. The molecule has 1 aliphatic carbocycles. The molecule has 0 amide bonds. The fraction of sp³-hybridized carbons (Fsp3) is 0.357. The highest BCUT2D eigenvalue weighted by Crippen LogP contribution is 2.45. The van der Waals surface area contributed by atoms with E-state index < -0.39 is 5.54 Å². The lowest BCUT2D eigenvalue weighted by Gasteiger charge is -2.38. The first-order chi connectivity index (χ1) is 9.12. The Balaban J connectivity index is 2.23. The number of halogens is 1. The minimum atomic E-state index is -0.736. The quantitative estimate of drug-likeness (QED) is 0.600. The zero-order valence-corrected chi connectivity index (χ0v) is 10.5. The molecule has 1 heterocycles. The van der Waals surface area contributed by atoms with Crippen LogP contribution in [0.25, 0.3) is 0 Å². The zero-order chi connectivity index (χ0) is 13.5. The van der Waals surface area contributed by atoms with E-state index in [0.29, 0.717) is 17.9 Å². The number of nitrogens with two attached hydrogens (primary N) is 2. The number of allylic oxidation sites excluding steroid dienone is 1. The molecular weight excluding hydrogens is 245 g/mol. The van der Waals surface area contributed by atoms with E-state index in [2.05, 4.69) is 11.1 Å². The Kier molecular flexibility index (Phi) is 2.69. The summed E-state index contributed by atoms with van der Waals surface area (Å²) in [5.74, 6) is -0.305. The molecule has 0 saturated heterocycles. The third-order valence-corrected chi connectivity index (χ3v) is 3.78. The first-order valence-electron chi connectivity index (χ1n) is 6.35. The lowest BCUT2D eigenvalue weighted by Crippen LogP contribution is -2.40. The van der Waals surface area contributed by atoms with Crippen molar-refractivity contribution in [3.05, 3.63) is 41.2 Å². The molecule has 1 aromatic rings. The van der Waals surface area contributed by atoms with Gasteiger partial charge in [-0.2, -0.15) is 0 Å². The second-order valence-electron chi connectivity index (χ2n) is 4.96. The lowest BCUT2D eigenvalue weighted by atomic mass is 9.75.